The molecule has 1 nitrogen and oxygen atoms in total. The Hall–Kier alpha value is -1.63. The molecule has 0 saturated heterocycles. The number of hydrogen-bond acceptors (Lipinski definition) is 1. The molecule has 0 aliphatic rings. The standard InChI is InChI=1S/C11H12O/c1-2-3-4-5-6-7-8-9-10-11-12/h2-11H,1H2. The third kappa shape index (κ3) is 8.37. The maximum absolute atomic E-state index is 9.82. The molecule has 0 aliphatic carbocycles. The van der Waals surface area contributed by atoms with Gasteiger partial charge in [-0.3, -0.25) is 4.79 Å². The first-order chi connectivity index (χ1) is 5.91. The first-order valence-electron chi connectivity index (χ1n) is 3.64. The number of carbonyl (C=O) groups excluding carboxylic acids is 1. The number of hydrogen-bond donors (Lipinski definition) is 0. The Bertz CT molecular complexity index is 203. The second kappa shape index (κ2) is 9.37. The molecule has 12 heavy (non-hydrogen) atoms. The zero-order valence-corrected chi connectivity index (χ0v) is 6.89. The smallest absolute Gasteiger partial charge is 0.142 e. The van der Waals surface area contributed by atoms with E-state index in [-0.39, 0.29) is 0 Å². The summed E-state index contributed by atoms with van der Waals surface area (Å²) in [7, 11) is 0. The van der Waals surface area contributed by atoms with Gasteiger partial charge in [0.1, 0.15) is 6.29 Å². The van der Waals surface area contributed by atoms with Gasteiger partial charge < -0.3 is 0 Å². The van der Waals surface area contributed by atoms with Crippen molar-refractivity contribution in [2.75, 3.05) is 0 Å². The Labute approximate surface area is 73.1 Å². The van der Waals surface area contributed by atoms with Crippen LogP contribution in [0.2, 0.25) is 0 Å². The number of carbonyl (C=O) groups is 1. The molecule has 0 N–H and O–H groups in total. The van der Waals surface area contributed by atoms with Gasteiger partial charge in [-0.1, -0.05) is 55.2 Å². The first-order valence-corrected chi connectivity index (χ1v) is 3.64. The lowest BCUT2D eigenvalue weighted by Crippen LogP contribution is -1.55. The minimum absolute atomic E-state index is 0.742. The molecule has 0 aromatic carbocycles. The monoisotopic (exact) mass is 160 g/mol. The summed E-state index contributed by atoms with van der Waals surface area (Å²) in [5.41, 5.74) is 0. The molecule has 0 radical (unpaired) electrons. The van der Waals surface area contributed by atoms with E-state index in [9.17, 15) is 4.79 Å². The van der Waals surface area contributed by atoms with Gasteiger partial charge in [-0.15, -0.1) is 0 Å². The van der Waals surface area contributed by atoms with Gasteiger partial charge in [0, 0.05) is 0 Å². The summed E-state index contributed by atoms with van der Waals surface area (Å²) in [4.78, 5) is 9.82. The highest BCUT2D eigenvalue weighted by atomic mass is 16.1. The van der Waals surface area contributed by atoms with Crippen molar-refractivity contribution in [3.8, 4) is 0 Å². The molecular weight excluding hydrogens is 148 g/mol. The molecule has 1 heteroatoms. The molecule has 0 bridgehead atoms. The summed E-state index contributed by atoms with van der Waals surface area (Å²) in [6, 6.07) is 0. The lowest BCUT2D eigenvalue weighted by atomic mass is 10.4. The summed E-state index contributed by atoms with van der Waals surface area (Å²) in [5.74, 6) is 0. The molecule has 0 spiro atoms. The zero-order chi connectivity index (χ0) is 9.07. The van der Waals surface area contributed by atoms with Crippen LogP contribution in [0.5, 0.6) is 0 Å². The summed E-state index contributed by atoms with van der Waals surface area (Å²) in [6.07, 6.45) is 16.7. The Balaban J connectivity index is 3.65. The average Bonchev–Trinajstić information content (AvgIpc) is 2.10. The van der Waals surface area contributed by atoms with Crippen LogP contribution in [-0.2, 0) is 4.79 Å². The van der Waals surface area contributed by atoms with Crippen molar-refractivity contribution in [1.29, 1.82) is 0 Å². The number of aldehydes is 1. The van der Waals surface area contributed by atoms with E-state index in [0.717, 1.165) is 6.29 Å². The van der Waals surface area contributed by atoms with Crippen molar-refractivity contribution in [2.45, 2.75) is 0 Å². The van der Waals surface area contributed by atoms with Gasteiger partial charge >= 0.3 is 0 Å². The van der Waals surface area contributed by atoms with Crippen LogP contribution in [0.15, 0.2) is 61.3 Å². The van der Waals surface area contributed by atoms with Gasteiger partial charge in [-0.2, -0.15) is 0 Å². The SMILES string of the molecule is C=CC=CC=CC=CC=CC=O. The van der Waals surface area contributed by atoms with E-state index in [1.54, 1.807) is 18.2 Å². The van der Waals surface area contributed by atoms with Gasteiger partial charge in [0.25, 0.3) is 0 Å². The van der Waals surface area contributed by atoms with Crippen molar-refractivity contribution < 1.29 is 4.79 Å². The third-order valence-electron chi connectivity index (χ3n) is 0.992. The van der Waals surface area contributed by atoms with Gasteiger partial charge in [0.05, 0.1) is 0 Å². The van der Waals surface area contributed by atoms with Crippen molar-refractivity contribution in [3.05, 3.63) is 61.3 Å². The first kappa shape index (κ1) is 10.4. The Kier molecular flexibility index (Phi) is 8.10. The molecule has 0 amide bonds. The number of rotatable bonds is 5. The van der Waals surface area contributed by atoms with Gasteiger partial charge in [-0.25, -0.2) is 0 Å². The van der Waals surface area contributed by atoms with Crippen LogP contribution < -0.4 is 0 Å². The average molecular weight is 160 g/mol. The third-order valence-corrected chi connectivity index (χ3v) is 0.992. The van der Waals surface area contributed by atoms with E-state index in [1.165, 1.54) is 6.08 Å². The zero-order valence-electron chi connectivity index (χ0n) is 6.89. The van der Waals surface area contributed by atoms with Crippen LogP contribution in [0, 0.1) is 0 Å². The van der Waals surface area contributed by atoms with Crippen molar-refractivity contribution in [3.63, 3.8) is 0 Å². The fourth-order valence-corrected chi connectivity index (χ4v) is 0.509. The Morgan fingerprint density at radius 2 is 1.08 bits per heavy atom. The molecule has 0 saturated carbocycles. The molecule has 0 aromatic heterocycles. The topological polar surface area (TPSA) is 17.1 Å². The fraction of sp³-hybridized carbons (Fsp3) is 0. The molecule has 0 aliphatic heterocycles. The molecule has 0 fully saturated rings. The number of allylic oxidation sites excluding steroid dienone is 9. The quantitative estimate of drug-likeness (QED) is 0.343. The van der Waals surface area contributed by atoms with Crippen LogP contribution in [0.25, 0.3) is 0 Å². The molecule has 0 heterocycles. The molecule has 0 rings (SSSR count). The summed E-state index contributed by atoms with van der Waals surface area (Å²) in [5, 5.41) is 0. The van der Waals surface area contributed by atoms with Crippen molar-refractivity contribution >= 4 is 6.29 Å². The second-order valence-corrected chi connectivity index (χ2v) is 1.91. The highest BCUT2D eigenvalue weighted by Gasteiger charge is 1.61. The molecule has 0 aromatic rings. The van der Waals surface area contributed by atoms with Crippen LogP contribution in [0.4, 0.5) is 0 Å². The van der Waals surface area contributed by atoms with Crippen LogP contribution in [-0.4, -0.2) is 6.29 Å². The highest BCUT2D eigenvalue weighted by Crippen LogP contribution is 1.81. The fourth-order valence-electron chi connectivity index (χ4n) is 0.509. The van der Waals surface area contributed by atoms with E-state index < -0.39 is 0 Å². The normalized spacial score (nSPS) is 12.3. The second-order valence-electron chi connectivity index (χ2n) is 1.91. The molecule has 0 atom stereocenters. The minimum atomic E-state index is 0.742. The van der Waals surface area contributed by atoms with Crippen molar-refractivity contribution in [2.24, 2.45) is 0 Å². The Morgan fingerprint density at radius 1 is 0.667 bits per heavy atom. The van der Waals surface area contributed by atoms with Crippen LogP contribution >= 0.6 is 0 Å². The summed E-state index contributed by atoms with van der Waals surface area (Å²) < 4.78 is 0. The lowest BCUT2D eigenvalue weighted by molar-refractivity contribution is -0.104. The summed E-state index contributed by atoms with van der Waals surface area (Å²) in [6.45, 7) is 3.53. The predicted octanol–water partition coefficient (Wildman–Crippen LogP) is 2.60. The summed E-state index contributed by atoms with van der Waals surface area (Å²) >= 11 is 0. The van der Waals surface area contributed by atoms with E-state index in [4.69, 9.17) is 0 Å². The van der Waals surface area contributed by atoms with E-state index in [1.807, 2.05) is 30.4 Å². The van der Waals surface area contributed by atoms with E-state index >= 15 is 0 Å². The minimum Gasteiger partial charge on any atom is -0.299 e. The molecule has 62 valence electrons. The van der Waals surface area contributed by atoms with Crippen molar-refractivity contribution in [1.82, 2.24) is 0 Å². The molecular formula is C11H12O. The maximum Gasteiger partial charge on any atom is 0.142 e. The maximum atomic E-state index is 9.82. The predicted molar refractivity (Wildman–Crippen MR) is 52.8 cm³/mol. The largest absolute Gasteiger partial charge is 0.299 e. The molecule has 0 unspecified atom stereocenters. The highest BCUT2D eigenvalue weighted by molar-refractivity contribution is 5.65. The van der Waals surface area contributed by atoms with Crippen LogP contribution in [0.3, 0.4) is 0 Å². The van der Waals surface area contributed by atoms with E-state index in [2.05, 4.69) is 6.58 Å². The van der Waals surface area contributed by atoms with Gasteiger partial charge in [0.2, 0.25) is 0 Å². The van der Waals surface area contributed by atoms with E-state index in [0.29, 0.717) is 0 Å². The van der Waals surface area contributed by atoms with Gasteiger partial charge in [-0.05, 0) is 6.08 Å². The van der Waals surface area contributed by atoms with Gasteiger partial charge in [0.15, 0.2) is 0 Å². The van der Waals surface area contributed by atoms with Crippen LogP contribution in [0.1, 0.15) is 0 Å². The lowest BCUT2D eigenvalue weighted by Gasteiger charge is -1.71. The Morgan fingerprint density at radius 3 is 1.50 bits per heavy atom.